The van der Waals surface area contributed by atoms with E-state index in [0.29, 0.717) is 6.42 Å². The minimum absolute atomic E-state index is 0.154. The topological polar surface area (TPSA) is 120 Å². The smallest absolute Gasteiger partial charge is 0.244 e. The Bertz CT molecular complexity index is 869. The monoisotopic (exact) mass is 400 g/mol. The Morgan fingerprint density at radius 3 is 2.52 bits per heavy atom. The zero-order valence-electron chi connectivity index (χ0n) is 16.9. The molecule has 8 heteroatoms. The van der Waals surface area contributed by atoms with Gasteiger partial charge >= 0.3 is 0 Å². The van der Waals surface area contributed by atoms with Crippen molar-refractivity contribution in [3.05, 3.63) is 42.1 Å². The number of rotatable bonds is 9. The fourth-order valence-electron chi connectivity index (χ4n) is 3.26. The molecule has 0 aliphatic heterocycles. The summed E-state index contributed by atoms with van der Waals surface area (Å²) in [4.78, 5) is 41.1. The highest BCUT2D eigenvalue weighted by Crippen LogP contribution is 2.17. The highest BCUT2D eigenvalue weighted by atomic mass is 16.5. The predicted octanol–water partition coefficient (Wildman–Crippen LogP) is 1.57. The van der Waals surface area contributed by atoms with Crippen molar-refractivity contribution in [2.75, 3.05) is 7.05 Å². The summed E-state index contributed by atoms with van der Waals surface area (Å²) in [5.41, 5.74) is 3.22. The van der Waals surface area contributed by atoms with E-state index in [1.54, 1.807) is 11.7 Å². The molecule has 0 saturated heterocycles. The van der Waals surface area contributed by atoms with Gasteiger partial charge in [0, 0.05) is 37.4 Å². The van der Waals surface area contributed by atoms with E-state index in [0.717, 1.165) is 16.5 Å². The molecule has 2 atom stereocenters. The SMILES string of the molecule is CNC(=O)[C@@H](Cc1cnc2ccccc2c1)NC(=O)[C@@H](CC(=O)NO)CC(C)C. The highest BCUT2D eigenvalue weighted by molar-refractivity contribution is 5.90. The van der Waals surface area contributed by atoms with Gasteiger partial charge in [-0.3, -0.25) is 24.6 Å². The Morgan fingerprint density at radius 1 is 1.14 bits per heavy atom. The molecule has 0 aliphatic rings. The van der Waals surface area contributed by atoms with Crippen molar-refractivity contribution < 1.29 is 19.6 Å². The van der Waals surface area contributed by atoms with Crippen LogP contribution in [0.3, 0.4) is 0 Å². The molecular formula is C21H28N4O4. The number of likely N-dealkylation sites (N-methyl/N-ethyl adjacent to an activating group) is 1. The Morgan fingerprint density at radius 2 is 1.86 bits per heavy atom. The molecule has 3 amide bonds. The molecule has 8 nitrogen and oxygen atoms in total. The van der Waals surface area contributed by atoms with Crippen LogP contribution in [0.4, 0.5) is 0 Å². The predicted molar refractivity (Wildman–Crippen MR) is 109 cm³/mol. The number of fused-ring (bicyclic) bond motifs is 1. The van der Waals surface area contributed by atoms with Gasteiger partial charge in [-0.05, 0) is 30.0 Å². The number of carbonyl (C=O) groups is 3. The van der Waals surface area contributed by atoms with E-state index in [2.05, 4.69) is 15.6 Å². The maximum absolute atomic E-state index is 12.8. The van der Waals surface area contributed by atoms with Gasteiger partial charge in [-0.25, -0.2) is 5.48 Å². The molecule has 0 bridgehead atoms. The molecule has 29 heavy (non-hydrogen) atoms. The highest BCUT2D eigenvalue weighted by Gasteiger charge is 2.27. The quantitative estimate of drug-likeness (QED) is 0.376. The number of carbonyl (C=O) groups excluding carboxylic acids is 3. The number of nitrogens with zero attached hydrogens (tertiary/aromatic N) is 1. The molecule has 1 aromatic heterocycles. The number of hydrogen-bond donors (Lipinski definition) is 4. The standard InChI is InChI=1S/C21H28N4O4/c1-13(2)8-16(11-19(26)25-29)20(27)24-18(21(28)22-3)10-14-9-15-6-4-5-7-17(15)23-12-14/h4-7,9,12-13,16,18,29H,8,10-11H2,1-3H3,(H,22,28)(H,24,27)(H,25,26)/t16-,18-/m1/s1. The summed E-state index contributed by atoms with van der Waals surface area (Å²) in [5, 5.41) is 15.1. The van der Waals surface area contributed by atoms with Crippen LogP contribution in [-0.2, 0) is 20.8 Å². The van der Waals surface area contributed by atoms with Crippen LogP contribution in [0.2, 0.25) is 0 Å². The van der Waals surface area contributed by atoms with Gasteiger partial charge in [0.2, 0.25) is 17.7 Å². The number of aromatic nitrogens is 1. The molecule has 0 fully saturated rings. The molecule has 0 radical (unpaired) electrons. The van der Waals surface area contributed by atoms with E-state index in [9.17, 15) is 14.4 Å². The molecule has 0 unspecified atom stereocenters. The average Bonchev–Trinajstić information content (AvgIpc) is 2.71. The number of para-hydroxylation sites is 1. The van der Waals surface area contributed by atoms with Gasteiger partial charge in [0.15, 0.2) is 0 Å². The number of hydrogen-bond acceptors (Lipinski definition) is 5. The Labute approximate surface area is 170 Å². The summed E-state index contributed by atoms with van der Waals surface area (Å²) < 4.78 is 0. The summed E-state index contributed by atoms with van der Waals surface area (Å²) in [7, 11) is 1.50. The minimum Gasteiger partial charge on any atom is -0.357 e. The van der Waals surface area contributed by atoms with Crippen LogP contribution < -0.4 is 16.1 Å². The summed E-state index contributed by atoms with van der Waals surface area (Å²) in [6, 6.07) is 8.79. The fraction of sp³-hybridized carbons (Fsp3) is 0.429. The first kappa shape index (κ1) is 22.3. The summed E-state index contributed by atoms with van der Waals surface area (Å²) in [6.45, 7) is 3.88. The van der Waals surface area contributed by atoms with Crippen molar-refractivity contribution in [3.8, 4) is 0 Å². The van der Waals surface area contributed by atoms with Crippen LogP contribution in [-0.4, -0.2) is 41.0 Å². The molecule has 0 saturated carbocycles. The number of benzene rings is 1. The Kier molecular flexibility index (Phi) is 8.09. The number of nitrogens with one attached hydrogen (secondary N) is 3. The second-order valence-electron chi connectivity index (χ2n) is 7.48. The molecule has 0 spiro atoms. The van der Waals surface area contributed by atoms with Crippen molar-refractivity contribution in [2.45, 2.75) is 39.2 Å². The fourth-order valence-corrected chi connectivity index (χ4v) is 3.26. The summed E-state index contributed by atoms with van der Waals surface area (Å²) in [6.07, 6.45) is 2.26. The molecular weight excluding hydrogens is 372 g/mol. The van der Waals surface area contributed by atoms with Crippen molar-refractivity contribution in [3.63, 3.8) is 0 Å². The van der Waals surface area contributed by atoms with Crippen LogP contribution in [0.5, 0.6) is 0 Å². The largest absolute Gasteiger partial charge is 0.357 e. The van der Waals surface area contributed by atoms with Crippen molar-refractivity contribution in [2.24, 2.45) is 11.8 Å². The first-order chi connectivity index (χ1) is 13.8. The van der Waals surface area contributed by atoms with Gasteiger partial charge in [-0.2, -0.15) is 0 Å². The number of hydroxylamine groups is 1. The van der Waals surface area contributed by atoms with Crippen LogP contribution >= 0.6 is 0 Å². The zero-order chi connectivity index (χ0) is 21.4. The third-order valence-corrected chi connectivity index (χ3v) is 4.65. The van der Waals surface area contributed by atoms with Crippen LogP contribution in [0, 0.1) is 11.8 Å². The Balaban J connectivity index is 2.18. The first-order valence-corrected chi connectivity index (χ1v) is 9.62. The second-order valence-corrected chi connectivity index (χ2v) is 7.48. The van der Waals surface area contributed by atoms with E-state index >= 15 is 0 Å². The van der Waals surface area contributed by atoms with Gasteiger partial charge in [-0.1, -0.05) is 32.0 Å². The van der Waals surface area contributed by atoms with Crippen LogP contribution in [0.1, 0.15) is 32.3 Å². The third-order valence-electron chi connectivity index (χ3n) is 4.65. The lowest BCUT2D eigenvalue weighted by atomic mass is 9.92. The first-order valence-electron chi connectivity index (χ1n) is 9.62. The van der Waals surface area contributed by atoms with Crippen molar-refractivity contribution >= 4 is 28.6 Å². The lowest BCUT2D eigenvalue weighted by Crippen LogP contribution is -2.49. The molecule has 2 aromatic rings. The third kappa shape index (κ3) is 6.53. The summed E-state index contributed by atoms with van der Waals surface area (Å²) in [5.74, 6) is -1.85. The van der Waals surface area contributed by atoms with Gasteiger partial charge < -0.3 is 10.6 Å². The molecule has 156 valence electrons. The van der Waals surface area contributed by atoms with E-state index in [4.69, 9.17) is 5.21 Å². The van der Waals surface area contributed by atoms with Gasteiger partial charge in [0.1, 0.15) is 6.04 Å². The van der Waals surface area contributed by atoms with E-state index < -0.39 is 23.8 Å². The average molecular weight is 400 g/mol. The molecule has 1 aromatic carbocycles. The zero-order valence-corrected chi connectivity index (χ0v) is 16.9. The van der Waals surface area contributed by atoms with E-state index in [-0.39, 0.29) is 24.7 Å². The van der Waals surface area contributed by atoms with Gasteiger partial charge in [-0.15, -0.1) is 0 Å². The molecule has 2 rings (SSSR count). The number of pyridine rings is 1. The molecule has 4 N–H and O–H groups in total. The minimum atomic E-state index is -0.803. The van der Waals surface area contributed by atoms with Crippen LogP contribution in [0.25, 0.3) is 10.9 Å². The normalized spacial score (nSPS) is 13.0. The van der Waals surface area contributed by atoms with E-state index in [1.165, 1.54) is 7.05 Å². The van der Waals surface area contributed by atoms with E-state index in [1.807, 2.05) is 44.2 Å². The molecule has 0 aliphatic carbocycles. The van der Waals surface area contributed by atoms with Crippen molar-refractivity contribution in [1.82, 2.24) is 21.1 Å². The van der Waals surface area contributed by atoms with Crippen LogP contribution in [0.15, 0.2) is 36.5 Å². The van der Waals surface area contributed by atoms with Gasteiger partial charge in [0.25, 0.3) is 0 Å². The second kappa shape index (κ2) is 10.5. The maximum atomic E-state index is 12.8. The maximum Gasteiger partial charge on any atom is 0.244 e. The lowest BCUT2D eigenvalue weighted by molar-refractivity contribution is -0.136. The summed E-state index contributed by atoms with van der Waals surface area (Å²) >= 11 is 0. The van der Waals surface area contributed by atoms with Gasteiger partial charge in [0.05, 0.1) is 5.52 Å². The lowest BCUT2D eigenvalue weighted by Gasteiger charge is -2.22. The van der Waals surface area contributed by atoms with Crippen molar-refractivity contribution in [1.29, 1.82) is 0 Å². The Hall–Kier alpha value is -3.00. The molecule has 1 heterocycles. The number of amides is 3.